The zero-order chi connectivity index (χ0) is 21.4. The zero-order valence-corrected chi connectivity index (χ0v) is 16.8. The average Bonchev–Trinajstić information content (AvgIpc) is 3.08. The van der Waals surface area contributed by atoms with Gasteiger partial charge in [-0.3, -0.25) is 4.79 Å². The van der Waals surface area contributed by atoms with Gasteiger partial charge in [0.05, 0.1) is 13.2 Å². The van der Waals surface area contributed by atoms with E-state index in [-0.39, 0.29) is 31.6 Å². The van der Waals surface area contributed by atoms with Gasteiger partial charge in [-0.15, -0.1) is 0 Å². The van der Waals surface area contributed by atoms with Crippen LogP contribution in [0.5, 0.6) is 5.75 Å². The molecule has 0 spiro atoms. The Kier molecular flexibility index (Phi) is 8.00. The van der Waals surface area contributed by atoms with Gasteiger partial charge >= 0.3 is 12.1 Å². The predicted octanol–water partition coefficient (Wildman–Crippen LogP) is 1.56. The Bertz CT molecular complexity index is 780. The van der Waals surface area contributed by atoms with E-state index in [1.54, 1.807) is 6.92 Å². The molecule has 1 fully saturated rings. The first-order valence-corrected chi connectivity index (χ1v) is 9.93. The number of alkyl carbamates (subject to hydrolysis) is 1. The van der Waals surface area contributed by atoms with Crippen LogP contribution < -0.4 is 10.9 Å². The zero-order valence-electron chi connectivity index (χ0n) is 16.8. The summed E-state index contributed by atoms with van der Waals surface area (Å²) in [6, 6.07) is 0. The molecule has 4 N–H and O–H groups in total. The van der Waals surface area contributed by atoms with Crippen LogP contribution in [0.25, 0.3) is 0 Å². The van der Waals surface area contributed by atoms with Crippen molar-refractivity contribution in [1.82, 2.24) is 15.3 Å². The van der Waals surface area contributed by atoms with Gasteiger partial charge in [-0.1, -0.05) is 13.3 Å². The molecule has 0 radical (unpaired) electrons. The maximum atomic E-state index is 12.3. The van der Waals surface area contributed by atoms with Crippen molar-refractivity contribution in [2.75, 3.05) is 19.8 Å². The van der Waals surface area contributed by atoms with E-state index < -0.39 is 34.6 Å². The third-order valence-electron chi connectivity index (χ3n) is 5.04. The number of aromatic hydroxyl groups is 1. The highest BCUT2D eigenvalue weighted by atomic mass is 16.5. The molecule has 1 amide bonds. The smallest absolute Gasteiger partial charge is 0.407 e. The molecule has 10 nitrogen and oxygen atoms in total. The number of aromatic nitrogens is 2. The summed E-state index contributed by atoms with van der Waals surface area (Å²) in [5.41, 5.74) is -2.49. The molecule has 1 heterocycles. The number of aromatic amines is 1. The second-order valence-corrected chi connectivity index (χ2v) is 7.15. The number of aliphatic hydroxyl groups excluding tert-OH is 1. The van der Waals surface area contributed by atoms with Crippen LogP contribution in [0, 0.1) is 5.92 Å². The first kappa shape index (κ1) is 22.7. The third kappa shape index (κ3) is 5.47. The van der Waals surface area contributed by atoms with E-state index in [0.29, 0.717) is 25.7 Å². The van der Waals surface area contributed by atoms with Crippen molar-refractivity contribution in [2.45, 2.75) is 57.9 Å². The van der Waals surface area contributed by atoms with E-state index in [1.165, 1.54) is 0 Å². The van der Waals surface area contributed by atoms with Gasteiger partial charge in [-0.25, -0.2) is 14.6 Å². The van der Waals surface area contributed by atoms with Crippen LogP contribution in [-0.2, 0) is 15.0 Å². The SMILES string of the molecule is CCCCOC(=O)NC1(c2nc(C(=O)OCC)c(O)c(=O)[nH]2)CCC(CCO)C1. The van der Waals surface area contributed by atoms with E-state index in [2.05, 4.69) is 15.3 Å². The lowest BCUT2D eigenvalue weighted by molar-refractivity contribution is 0.0514. The lowest BCUT2D eigenvalue weighted by Gasteiger charge is -2.29. The number of nitrogens with one attached hydrogen (secondary N) is 2. The number of H-pyrrole nitrogens is 1. The van der Waals surface area contributed by atoms with Crippen molar-refractivity contribution in [3.8, 4) is 5.75 Å². The summed E-state index contributed by atoms with van der Waals surface area (Å²) in [7, 11) is 0. The second-order valence-electron chi connectivity index (χ2n) is 7.15. The summed E-state index contributed by atoms with van der Waals surface area (Å²) < 4.78 is 10.1. The van der Waals surface area contributed by atoms with Crippen LogP contribution >= 0.6 is 0 Å². The van der Waals surface area contributed by atoms with Crippen LogP contribution in [0.4, 0.5) is 4.79 Å². The Morgan fingerprint density at radius 1 is 1.34 bits per heavy atom. The summed E-state index contributed by atoms with van der Waals surface area (Å²) >= 11 is 0. The molecule has 2 rings (SSSR count). The predicted molar refractivity (Wildman–Crippen MR) is 103 cm³/mol. The molecule has 1 aliphatic carbocycles. The number of amides is 1. The molecule has 2 unspecified atom stereocenters. The highest BCUT2D eigenvalue weighted by Gasteiger charge is 2.45. The molecule has 1 aromatic heterocycles. The monoisotopic (exact) mass is 411 g/mol. The fourth-order valence-corrected chi connectivity index (χ4v) is 3.54. The number of aliphatic hydroxyl groups is 1. The number of nitrogens with zero attached hydrogens (tertiary/aromatic N) is 1. The fourth-order valence-electron chi connectivity index (χ4n) is 3.54. The molecule has 2 atom stereocenters. The number of esters is 1. The highest BCUT2D eigenvalue weighted by Crippen LogP contribution is 2.42. The van der Waals surface area contributed by atoms with Gasteiger partial charge in [0.15, 0.2) is 5.69 Å². The van der Waals surface area contributed by atoms with Crippen LogP contribution in [0.3, 0.4) is 0 Å². The highest BCUT2D eigenvalue weighted by molar-refractivity contribution is 5.90. The first-order valence-electron chi connectivity index (χ1n) is 9.93. The quantitative estimate of drug-likeness (QED) is 0.353. The third-order valence-corrected chi connectivity index (χ3v) is 5.04. The van der Waals surface area contributed by atoms with Crippen molar-refractivity contribution in [1.29, 1.82) is 0 Å². The van der Waals surface area contributed by atoms with Gasteiger partial charge in [0, 0.05) is 6.61 Å². The molecule has 29 heavy (non-hydrogen) atoms. The fraction of sp³-hybridized carbons (Fsp3) is 0.684. The Labute approximate surface area is 168 Å². The van der Waals surface area contributed by atoms with E-state index in [9.17, 15) is 24.6 Å². The molecule has 0 aliphatic heterocycles. The topological polar surface area (TPSA) is 151 Å². The molecule has 0 saturated heterocycles. The first-order chi connectivity index (χ1) is 13.9. The van der Waals surface area contributed by atoms with Crippen molar-refractivity contribution in [3.05, 3.63) is 21.9 Å². The minimum atomic E-state index is -1.09. The van der Waals surface area contributed by atoms with E-state index in [0.717, 1.165) is 12.8 Å². The summed E-state index contributed by atoms with van der Waals surface area (Å²) in [6.07, 6.45) is 2.96. The number of hydrogen-bond acceptors (Lipinski definition) is 8. The molecule has 10 heteroatoms. The molecular formula is C19H29N3O7. The van der Waals surface area contributed by atoms with Gasteiger partial charge in [0.2, 0.25) is 5.75 Å². The Hall–Kier alpha value is -2.62. The van der Waals surface area contributed by atoms with Crippen LogP contribution in [-0.4, -0.2) is 52.1 Å². The Morgan fingerprint density at radius 2 is 2.10 bits per heavy atom. The molecule has 1 aliphatic rings. The van der Waals surface area contributed by atoms with E-state index in [1.807, 2.05) is 6.92 Å². The number of hydrogen-bond donors (Lipinski definition) is 4. The van der Waals surface area contributed by atoms with Gasteiger partial charge in [-0.05, 0) is 44.9 Å². The molecular weight excluding hydrogens is 382 g/mol. The molecule has 1 aromatic rings. The van der Waals surface area contributed by atoms with Gasteiger partial charge in [0.1, 0.15) is 11.4 Å². The lowest BCUT2D eigenvalue weighted by Crippen LogP contribution is -2.47. The number of rotatable bonds is 9. The van der Waals surface area contributed by atoms with E-state index >= 15 is 0 Å². The van der Waals surface area contributed by atoms with Crippen LogP contribution in [0.2, 0.25) is 0 Å². The minimum absolute atomic E-state index is 0.00467. The molecule has 162 valence electrons. The maximum absolute atomic E-state index is 12.3. The molecule has 1 saturated carbocycles. The Morgan fingerprint density at radius 3 is 2.76 bits per heavy atom. The summed E-state index contributed by atoms with van der Waals surface area (Å²) in [6.45, 7) is 3.87. The van der Waals surface area contributed by atoms with Crippen molar-refractivity contribution in [2.24, 2.45) is 5.92 Å². The summed E-state index contributed by atoms with van der Waals surface area (Å²) in [4.78, 5) is 43.3. The molecule has 0 bridgehead atoms. The second kappa shape index (κ2) is 10.2. The van der Waals surface area contributed by atoms with Gasteiger partial charge < -0.3 is 30.0 Å². The lowest BCUT2D eigenvalue weighted by atomic mass is 9.93. The largest absolute Gasteiger partial charge is 0.501 e. The maximum Gasteiger partial charge on any atom is 0.407 e. The summed E-state index contributed by atoms with van der Waals surface area (Å²) in [5.74, 6) is -1.63. The van der Waals surface area contributed by atoms with Crippen molar-refractivity contribution < 1.29 is 29.3 Å². The van der Waals surface area contributed by atoms with E-state index in [4.69, 9.17) is 9.47 Å². The van der Waals surface area contributed by atoms with Crippen LogP contribution in [0.1, 0.15) is 68.7 Å². The normalized spacial score (nSPS) is 21.0. The number of unbranched alkanes of at least 4 members (excludes halogenated alkanes) is 1. The number of ether oxygens (including phenoxy) is 2. The standard InChI is InChI=1S/C19H29N3O7/c1-3-5-10-29-18(27)22-19(8-6-12(11-19)7-9-23)17-20-13(16(26)28-4-2)14(24)15(25)21-17/h12,23-24H,3-11H2,1-2H3,(H,22,27)(H,20,21,25). The minimum Gasteiger partial charge on any atom is -0.501 e. The molecule has 0 aromatic carbocycles. The van der Waals surface area contributed by atoms with Crippen molar-refractivity contribution >= 4 is 12.1 Å². The number of carbonyl (C=O) groups excluding carboxylic acids is 2. The summed E-state index contributed by atoms with van der Waals surface area (Å²) in [5, 5.41) is 22.0. The van der Waals surface area contributed by atoms with Gasteiger partial charge in [-0.2, -0.15) is 0 Å². The Balaban J connectivity index is 2.40. The average molecular weight is 411 g/mol. The van der Waals surface area contributed by atoms with Crippen molar-refractivity contribution in [3.63, 3.8) is 0 Å². The van der Waals surface area contributed by atoms with Gasteiger partial charge in [0.25, 0.3) is 5.56 Å². The number of carbonyl (C=O) groups is 2. The van der Waals surface area contributed by atoms with Crippen LogP contribution in [0.15, 0.2) is 4.79 Å².